The second-order valence-corrected chi connectivity index (χ2v) is 7.32. The smallest absolute Gasteiger partial charge is 0.211 e. The third-order valence-electron chi connectivity index (χ3n) is 3.68. The van der Waals surface area contributed by atoms with E-state index in [4.69, 9.17) is 0 Å². The quantitative estimate of drug-likeness (QED) is 0.853. The van der Waals surface area contributed by atoms with Crippen LogP contribution in [0.15, 0.2) is 30.3 Å². The highest BCUT2D eigenvalue weighted by molar-refractivity contribution is 7.89. The van der Waals surface area contributed by atoms with E-state index >= 15 is 0 Å². The maximum atomic E-state index is 11.9. The first-order valence-corrected chi connectivity index (χ1v) is 9.17. The van der Waals surface area contributed by atoms with E-state index in [0.29, 0.717) is 6.42 Å². The summed E-state index contributed by atoms with van der Waals surface area (Å²) in [7, 11) is -3.22. The number of para-hydroxylation sites is 1. The Hall–Kier alpha value is -1.66. The first-order chi connectivity index (χ1) is 10.4. The van der Waals surface area contributed by atoms with Crippen LogP contribution in [-0.2, 0) is 16.6 Å². The van der Waals surface area contributed by atoms with Crippen LogP contribution >= 0.6 is 0 Å². The molecule has 1 heterocycles. The van der Waals surface area contributed by atoms with Crippen LogP contribution in [0.25, 0.3) is 5.69 Å². The highest BCUT2D eigenvalue weighted by Crippen LogP contribution is 2.17. The molecular weight excluding hydrogens is 298 g/mol. The largest absolute Gasteiger partial charge is 0.238 e. The zero-order valence-corrected chi connectivity index (χ0v) is 14.2. The van der Waals surface area contributed by atoms with Crippen molar-refractivity contribution < 1.29 is 8.42 Å². The number of hydrogen-bond donors (Lipinski definition) is 1. The van der Waals surface area contributed by atoms with Gasteiger partial charge in [0.25, 0.3) is 0 Å². The fourth-order valence-corrected chi connectivity index (χ4v) is 3.52. The molecule has 0 unspecified atom stereocenters. The van der Waals surface area contributed by atoms with Crippen molar-refractivity contribution in [1.82, 2.24) is 14.5 Å². The summed E-state index contributed by atoms with van der Waals surface area (Å²) < 4.78 is 28.4. The van der Waals surface area contributed by atoms with Gasteiger partial charge in [0, 0.05) is 17.8 Å². The monoisotopic (exact) mass is 321 g/mol. The molecule has 0 aliphatic rings. The van der Waals surface area contributed by atoms with Crippen LogP contribution in [0.1, 0.15) is 36.7 Å². The van der Waals surface area contributed by atoms with Gasteiger partial charge in [0.1, 0.15) is 0 Å². The van der Waals surface area contributed by atoms with Crippen molar-refractivity contribution in [1.29, 1.82) is 0 Å². The van der Waals surface area contributed by atoms with Gasteiger partial charge in [-0.3, -0.25) is 0 Å². The number of sulfonamides is 1. The Morgan fingerprint density at radius 1 is 1.18 bits per heavy atom. The molecule has 1 aromatic carbocycles. The van der Waals surface area contributed by atoms with E-state index in [1.165, 1.54) is 0 Å². The molecule has 0 atom stereocenters. The van der Waals surface area contributed by atoms with Gasteiger partial charge >= 0.3 is 0 Å². The molecule has 0 radical (unpaired) electrons. The molecule has 0 bridgehead atoms. The molecular formula is C16H23N3O2S. The van der Waals surface area contributed by atoms with Crippen molar-refractivity contribution >= 4 is 10.0 Å². The Kier molecular flexibility index (Phi) is 5.37. The molecule has 0 saturated heterocycles. The van der Waals surface area contributed by atoms with Crippen molar-refractivity contribution in [3.05, 3.63) is 47.3 Å². The van der Waals surface area contributed by atoms with Gasteiger partial charge in [-0.25, -0.2) is 17.8 Å². The lowest BCUT2D eigenvalue weighted by Gasteiger charge is -2.07. The Morgan fingerprint density at radius 2 is 1.86 bits per heavy atom. The molecule has 1 N–H and O–H groups in total. The molecule has 5 nitrogen and oxygen atoms in total. The van der Waals surface area contributed by atoms with Crippen molar-refractivity contribution in [2.24, 2.45) is 0 Å². The molecule has 0 aliphatic heterocycles. The molecule has 2 aromatic rings. The van der Waals surface area contributed by atoms with Crippen molar-refractivity contribution in [3.8, 4) is 5.69 Å². The molecule has 0 amide bonds. The summed E-state index contributed by atoms with van der Waals surface area (Å²) in [6.45, 7) is 6.13. The van der Waals surface area contributed by atoms with Gasteiger partial charge in [0.05, 0.1) is 17.1 Å². The summed E-state index contributed by atoms with van der Waals surface area (Å²) in [6.07, 6.45) is 1.54. The number of aromatic nitrogens is 2. The van der Waals surface area contributed by atoms with Gasteiger partial charge in [-0.05, 0) is 32.4 Å². The van der Waals surface area contributed by atoms with Crippen LogP contribution in [0.2, 0.25) is 0 Å². The second-order valence-electron chi connectivity index (χ2n) is 5.39. The average Bonchev–Trinajstić information content (AvgIpc) is 2.79. The van der Waals surface area contributed by atoms with Gasteiger partial charge < -0.3 is 0 Å². The molecule has 1 aromatic heterocycles. The fourth-order valence-electron chi connectivity index (χ4n) is 2.34. The number of nitrogens with one attached hydrogen (secondary N) is 1. The third-order valence-corrected chi connectivity index (χ3v) is 5.09. The van der Waals surface area contributed by atoms with Crippen LogP contribution in [0.5, 0.6) is 0 Å². The van der Waals surface area contributed by atoms with Crippen molar-refractivity contribution in [3.63, 3.8) is 0 Å². The van der Waals surface area contributed by atoms with Gasteiger partial charge in [0.2, 0.25) is 10.0 Å². The SMILES string of the molecule is CCCCS(=O)(=O)NCc1c(C)nn(-c2ccccc2)c1C. The van der Waals surface area contributed by atoms with E-state index in [2.05, 4.69) is 9.82 Å². The van der Waals surface area contributed by atoms with Crippen LogP contribution in [0.3, 0.4) is 0 Å². The van der Waals surface area contributed by atoms with E-state index in [1.54, 1.807) is 0 Å². The zero-order valence-electron chi connectivity index (χ0n) is 13.3. The topological polar surface area (TPSA) is 64.0 Å². The average molecular weight is 321 g/mol. The Morgan fingerprint density at radius 3 is 2.50 bits per heavy atom. The van der Waals surface area contributed by atoms with E-state index in [9.17, 15) is 8.42 Å². The summed E-state index contributed by atoms with van der Waals surface area (Å²) in [5.41, 5.74) is 3.72. The van der Waals surface area contributed by atoms with Gasteiger partial charge in [-0.15, -0.1) is 0 Å². The fraction of sp³-hybridized carbons (Fsp3) is 0.438. The maximum absolute atomic E-state index is 11.9. The minimum Gasteiger partial charge on any atom is -0.238 e. The number of rotatable bonds is 7. The predicted octanol–water partition coefficient (Wildman–Crippen LogP) is 2.71. The minimum absolute atomic E-state index is 0.175. The van der Waals surface area contributed by atoms with Gasteiger partial charge in [-0.1, -0.05) is 31.5 Å². The molecule has 0 spiro atoms. The second kappa shape index (κ2) is 7.07. The number of benzene rings is 1. The number of aryl methyl sites for hydroxylation is 1. The van der Waals surface area contributed by atoms with Crippen LogP contribution in [0.4, 0.5) is 0 Å². The molecule has 22 heavy (non-hydrogen) atoms. The van der Waals surface area contributed by atoms with Crippen molar-refractivity contribution in [2.45, 2.75) is 40.2 Å². The lowest BCUT2D eigenvalue weighted by Crippen LogP contribution is -2.26. The summed E-state index contributed by atoms with van der Waals surface area (Å²) in [4.78, 5) is 0. The molecule has 6 heteroatoms. The number of unbranched alkanes of at least 4 members (excludes halogenated alkanes) is 1. The molecule has 2 rings (SSSR count). The Balaban J connectivity index is 2.18. The van der Waals surface area contributed by atoms with E-state index in [-0.39, 0.29) is 12.3 Å². The van der Waals surface area contributed by atoms with Crippen LogP contribution < -0.4 is 4.72 Å². The molecule has 0 fully saturated rings. The Bertz CT molecular complexity index is 721. The maximum Gasteiger partial charge on any atom is 0.211 e. The normalized spacial score (nSPS) is 11.8. The first-order valence-electron chi connectivity index (χ1n) is 7.52. The zero-order chi connectivity index (χ0) is 16.2. The Labute approximate surface area is 132 Å². The summed E-state index contributed by atoms with van der Waals surface area (Å²) in [6, 6.07) is 9.83. The number of hydrogen-bond acceptors (Lipinski definition) is 3. The van der Waals surface area contributed by atoms with Crippen LogP contribution in [0, 0.1) is 13.8 Å². The van der Waals surface area contributed by atoms with Gasteiger partial charge in [-0.2, -0.15) is 5.10 Å². The van der Waals surface area contributed by atoms with Crippen LogP contribution in [-0.4, -0.2) is 24.0 Å². The molecule has 0 saturated carbocycles. The standard InChI is InChI=1S/C16H23N3O2S/c1-4-5-11-22(20,21)17-12-16-13(2)18-19(14(16)3)15-9-7-6-8-10-15/h6-10,17H,4-5,11-12H2,1-3H3. The summed E-state index contributed by atoms with van der Waals surface area (Å²) in [5, 5.41) is 4.53. The number of nitrogens with zero attached hydrogens (tertiary/aromatic N) is 2. The van der Waals surface area contributed by atoms with E-state index in [0.717, 1.165) is 29.1 Å². The lowest BCUT2D eigenvalue weighted by atomic mass is 10.2. The highest BCUT2D eigenvalue weighted by Gasteiger charge is 2.15. The molecule has 0 aliphatic carbocycles. The first kappa shape index (κ1) is 16.7. The highest BCUT2D eigenvalue weighted by atomic mass is 32.2. The minimum atomic E-state index is -3.22. The molecule has 120 valence electrons. The summed E-state index contributed by atoms with van der Waals surface area (Å²) >= 11 is 0. The lowest BCUT2D eigenvalue weighted by molar-refractivity contribution is 0.577. The van der Waals surface area contributed by atoms with E-state index < -0.39 is 10.0 Å². The predicted molar refractivity (Wildman–Crippen MR) is 88.6 cm³/mol. The van der Waals surface area contributed by atoms with E-state index in [1.807, 2.05) is 55.8 Å². The van der Waals surface area contributed by atoms with Crippen molar-refractivity contribution in [2.75, 3.05) is 5.75 Å². The van der Waals surface area contributed by atoms with Gasteiger partial charge in [0.15, 0.2) is 0 Å². The summed E-state index contributed by atoms with van der Waals surface area (Å²) in [5.74, 6) is 0.175. The third kappa shape index (κ3) is 3.96.